The fourth-order valence-corrected chi connectivity index (χ4v) is 1.86. The van der Waals surface area contributed by atoms with Gasteiger partial charge in [-0.05, 0) is 13.8 Å². The van der Waals surface area contributed by atoms with Gasteiger partial charge in [0.15, 0.2) is 0 Å². The van der Waals surface area contributed by atoms with Crippen molar-refractivity contribution in [2.75, 3.05) is 7.05 Å². The van der Waals surface area contributed by atoms with Crippen molar-refractivity contribution in [1.82, 2.24) is 9.88 Å². The third-order valence-electron chi connectivity index (χ3n) is 2.13. The van der Waals surface area contributed by atoms with Crippen molar-refractivity contribution < 1.29 is 4.79 Å². The maximum Gasteiger partial charge on any atom is 0.239 e. The highest BCUT2D eigenvalue weighted by molar-refractivity contribution is 7.09. The van der Waals surface area contributed by atoms with E-state index in [1.165, 1.54) is 0 Å². The number of carbonyl (C=O) groups is 1. The topological polar surface area (TPSA) is 59.2 Å². The Morgan fingerprint density at radius 3 is 2.71 bits per heavy atom. The molecule has 1 amide bonds. The highest BCUT2D eigenvalue weighted by Crippen LogP contribution is 2.20. The Morgan fingerprint density at radius 2 is 2.29 bits per heavy atom. The Kier molecular flexibility index (Phi) is 3.60. The van der Waals surface area contributed by atoms with Crippen molar-refractivity contribution in [2.24, 2.45) is 5.73 Å². The minimum Gasteiger partial charge on any atom is -0.335 e. The first-order valence-electron chi connectivity index (χ1n) is 4.45. The van der Waals surface area contributed by atoms with E-state index in [1.54, 1.807) is 36.4 Å². The molecule has 1 heterocycles. The van der Waals surface area contributed by atoms with Crippen LogP contribution in [0.15, 0.2) is 11.6 Å². The molecule has 0 aromatic carbocycles. The molecule has 2 atom stereocenters. The molecule has 0 spiro atoms. The van der Waals surface area contributed by atoms with Crippen LogP contribution in [0.1, 0.15) is 24.9 Å². The van der Waals surface area contributed by atoms with Crippen LogP contribution in [-0.4, -0.2) is 28.9 Å². The molecule has 0 saturated heterocycles. The number of nitrogens with two attached hydrogens (primary N) is 1. The molecule has 5 heteroatoms. The van der Waals surface area contributed by atoms with Gasteiger partial charge in [-0.2, -0.15) is 0 Å². The van der Waals surface area contributed by atoms with Gasteiger partial charge in [0.2, 0.25) is 5.91 Å². The first kappa shape index (κ1) is 11.1. The quantitative estimate of drug-likeness (QED) is 0.815. The average molecular weight is 213 g/mol. The molecule has 0 aliphatic carbocycles. The number of hydrogen-bond acceptors (Lipinski definition) is 4. The molecule has 1 aromatic rings. The van der Waals surface area contributed by atoms with Crippen LogP contribution in [0.5, 0.6) is 0 Å². The van der Waals surface area contributed by atoms with E-state index in [0.29, 0.717) is 0 Å². The number of likely N-dealkylation sites (N-methyl/N-ethyl adjacent to an activating group) is 1. The predicted molar refractivity (Wildman–Crippen MR) is 56.9 cm³/mol. The summed E-state index contributed by atoms with van der Waals surface area (Å²) >= 11 is 1.54. The van der Waals surface area contributed by atoms with E-state index in [-0.39, 0.29) is 11.9 Å². The third kappa shape index (κ3) is 2.30. The summed E-state index contributed by atoms with van der Waals surface area (Å²) in [5.41, 5.74) is 5.52. The molecule has 14 heavy (non-hydrogen) atoms. The Morgan fingerprint density at radius 1 is 1.64 bits per heavy atom. The highest BCUT2D eigenvalue weighted by atomic mass is 32.1. The molecule has 0 radical (unpaired) electrons. The second-order valence-corrected chi connectivity index (χ2v) is 4.21. The smallest absolute Gasteiger partial charge is 0.239 e. The molecule has 2 unspecified atom stereocenters. The lowest BCUT2D eigenvalue weighted by Gasteiger charge is -2.24. The number of amides is 1. The van der Waals surface area contributed by atoms with Gasteiger partial charge in [-0.15, -0.1) is 11.3 Å². The summed E-state index contributed by atoms with van der Waals surface area (Å²) in [6.07, 6.45) is 1.74. The second-order valence-electron chi connectivity index (χ2n) is 3.28. The number of hydrogen-bond donors (Lipinski definition) is 1. The zero-order valence-corrected chi connectivity index (χ0v) is 9.41. The lowest BCUT2D eigenvalue weighted by atomic mass is 10.2. The second kappa shape index (κ2) is 4.52. The number of rotatable bonds is 3. The number of nitrogens with zero attached hydrogens (tertiary/aromatic N) is 2. The van der Waals surface area contributed by atoms with Gasteiger partial charge >= 0.3 is 0 Å². The maximum atomic E-state index is 11.6. The molecule has 0 aliphatic rings. The van der Waals surface area contributed by atoms with Crippen LogP contribution in [-0.2, 0) is 4.79 Å². The molecule has 0 aliphatic heterocycles. The Balaban J connectivity index is 2.70. The Bertz CT molecular complexity index is 297. The summed E-state index contributed by atoms with van der Waals surface area (Å²) in [7, 11) is 1.75. The summed E-state index contributed by atoms with van der Waals surface area (Å²) < 4.78 is 0. The monoisotopic (exact) mass is 213 g/mol. The fourth-order valence-electron chi connectivity index (χ4n) is 1.12. The van der Waals surface area contributed by atoms with Crippen LogP contribution >= 0.6 is 11.3 Å². The van der Waals surface area contributed by atoms with Crippen LogP contribution in [0, 0.1) is 0 Å². The van der Waals surface area contributed by atoms with E-state index in [1.807, 2.05) is 12.3 Å². The van der Waals surface area contributed by atoms with Gasteiger partial charge in [0.1, 0.15) is 5.01 Å². The van der Waals surface area contributed by atoms with Gasteiger partial charge in [-0.1, -0.05) is 0 Å². The van der Waals surface area contributed by atoms with Gasteiger partial charge < -0.3 is 10.6 Å². The molecular formula is C9H15N3OS. The van der Waals surface area contributed by atoms with Crippen LogP contribution in [0.3, 0.4) is 0 Å². The molecular weight excluding hydrogens is 198 g/mol. The summed E-state index contributed by atoms with van der Waals surface area (Å²) in [5, 5.41) is 2.83. The first-order chi connectivity index (χ1) is 6.54. The molecule has 1 rings (SSSR count). The van der Waals surface area contributed by atoms with E-state index in [0.717, 1.165) is 5.01 Å². The van der Waals surface area contributed by atoms with Gasteiger partial charge in [0.25, 0.3) is 0 Å². The molecule has 2 N–H and O–H groups in total. The van der Waals surface area contributed by atoms with Gasteiger partial charge in [-0.3, -0.25) is 4.79 Å². The van der Waals surface area contributed by atoms with Gasteiger partial charge in [-0.25, -0.2) is 4.98 Å². The van der Waals surface area contributed by atoms with Crippen molar-refractivity contribution >= 4 is 17.2 Å². The SMILES string of the molecule is CC(N)C(=O)N(C)C(C)c1nccs1. The van der Waals surface area contributed by atoms with Crippen molar-refractivity contribution in [1.29, 1.82) is 0 Å². The highest BCUT2D eigenvalue weighted by Gasteiger charge is 2.21. The van der Waals surface area contributed by atoms with Crippen molar-refractivity contribution in [3.8, 4) is 0 Å². The van der Waals surface area contributed by atoms with Crippen molar-refractivity contribution in [3.63, 3.8) is 0 Å². The summed E-state index contributed by atoms with van der Waals surface area (Å²) in [6.45, 7) is 3.63. The first-order valence-corrected chi connectivity index (χ1v) is 5.33. The Hall–Kier alpha value is -0.940. The molecule has 78 valence electrons. The van der Waals surface area contributed by atoms with Crippen LogP contribution in [0.25, 0.3) is 0 Å². The van der Waals surface area contributed by atoms with Gasteiger partial charge in [0, 0.05) is 18.6 Å². The van der Waals surface area contributed by atoms with E-state index in [4.69, 9.17) is 5.73 Å². The average Bonchev–Trinajstić information content (AvgIpc) is 2.67. The number of aromatic nitrogens is 1. The van der Waals surface area contributed by atoms with Crippen LogP contribution < -0.4 is 5.73 Å². The minimum atomic E-state index is -0.456. The van der Waals surface area contributed by atoms with Crippen LogP contribution in [0.2, 0.25) is 0 Å². The maximum absolute atomic E-state index is 11.6. The lowest BCUT2D eigenvalue weighted by Crippen LogP contribution is -2.40. The van der Waals surface area contributed by atoms with Crippen LogP contribution in [0.4, 0.5) is 0 Å². The standard InChI is InChI=1S/C9H15N3OS/c1-6(10)9(13)12(3)7(2)8-11-4-5-14-8/h4-7H,10H2,1-3H3. The summed E-state index contributed by atoms with van der Waals surface area (Å²) in [6, 6.07) is -0.462. The third-order valence-corrected chi connectivity index (χ3v) is 3.07. The van der Waals surface area contributed by atoms with E-state index in [9.17, 15) is 4.79 Å². The van der Waals surface area contributed by atoms with Crippen molar-refractivity contribution in [3.05, 3.63) is 16.6 Å². The lowest BCUT2D eigenvalue weighted by molar-refractivity contribution is -0.132. The molecule has 0 fully saturated rings. The molecule has 0 bridgehead atoms. The normalized spacial score (nSPS) is 14.9. The molecule has 4 nitrogen and oxygen atoms in total. The Labute approximate surface area is 87.7 Å². The zero-order chi connectivity index (χ0) is 10.7. The van der Waals surface area contributed by atoms with E-state index in [2.05, 4.69) is 4.98 Å². The number of thiazole rings is 1. The minimum absolute atomic E-state index is 0.00602. The van der Waals surface area contributed by atoms with E-state index < -0.39 is 6.04 Å². The predicted octanol–water partition coefficient (Wildman–Crippen LogP) is 1.01. The largest absolute Gasteiger partial charge is 0.335 e. The van der Waals surface area contributed by atoms with Crippen molar-refractivity contribution in [2.45, 2.75) is 25.9 Å². The fraction of sp³-hybridized carbons (Fsp3) is 0.556. The van der Waals surface area contributed by atoms with Gasteiger partial charge in [0.05, 0.1) is 12.1 Å². The summed E-state index contributed by atoms with van der Waals surface area (Å²) in [5.74, 6) is -0.0623. The number of carbonyl (C=O) groups excluding carboxylic acids is 1. The van der Waals surface area contributed by atoms with E-state index >= 15 is 0 Å². The zero-order valence-electron chi connectivity index (χ0n) is 8.60. The molecule has 0 saturated carbocycles. The summed E-state index contributed by atoms with van der Waals surface area (Å²) in [4.78, 5) is 17.3. The molecule has 1 aromatic heterocycles.